The van der Waals surface area contributed by atoms with E-state index in [1.165, 1.54) is 12.1 Å². The molecular weight excluding hydrogens is 276 g/mol. The van der Waals surface area contributed by atoms with Gasteiger partial charge in [-0.2, -0.15) is 5.10 Å². The van der Waals surface area contributed by atoms with Crippen molar-refractivity contribution in [2.75, 3.05) is 5.32 Å². The summed E-state index contributed by atoms with van der Waals surface area (Å²) in [6.45, 7) is 7.51. The van der Waals surface area contributed by atoms with E-state index in [4.69, 9.17) is 0 Å². The Bertz CT molecular complexity index is 692. The van der Waals surface area contributed by atoms with Crippen LogP contribution in [0.25, 0.3) is 0 Å². The van der Waals surface area contributed by atoms with Gasteiger partial charge in [0.15, 0.2) is 11.6 Å². The van der Waals surface area contributed by atoms with Crippen molar-refractivity contribution in [3.8, 4) is 0 Å². The van der Waals surface area contributed by atoms with Gasteiger partial charge in [0, 0.05) is 6.04 Å². The smallest absolute Gasteiger partial charge is 0.258 e. The van der Waals surface area contributed by atoms with Crippen LogP contribution in [-0.2, 0) is 0 Å². The van der Waals surface area contributed by atoms with Gasteiger partial charge >= 0.3 is 0 Å². The summed E-state index contributed by atoms with van der Waals surface area (Å²) >= 11 is 0. The lowest BCUT2D eigenvalue weighted by Crippen LogP contribution is -2.15. The monoisotopic (exact) mass is 293 g/mol. The van der Waals surface area contributed by atoms with Crippen LogP contribution in [0.5, 0.6) is 0 Å². The molecule has 0 bridgehead atoms. The van der Waals surface area contributed by atoms with Crippen LogP contribution in [0.4, 0.5) is 14.5 Å². The summed E-state index contributed by atoms with van der Waals surface area (Å²) in [4.78, 5) is 12.1. The summed E-state index contributed by atoms with van der Waals surface area (Å²) in [5.41, 5.74) is 1.60. The number of hydrogen-bond donors (Lipinski definition) is 1. The van der Waals surface area contributed by atoms with E-state index in [0.29, 0.717) is 11.4 Å². The van der Waals surface area contributed by atoms with E-state index in [1.807, 2.05) is 20.8 Å². The Hall–Kier alpha value is -2.24. The normalized spacial score (nSPS) is 11.0. The van der Waals surface area contributed by atoms with Gasteiger partial charge < -0.3 is 5.32 Å². The molecule has 1 N–H and O–H groups in total. The number of nitrogens with one attached hydrogen (secondary N) is 1. The zero-order valence-corrected chi connectivity index (χ0v) is 12.4. The number of aromatic nitrogens is 2. The van der Waals surface area contributed by atoms with Gasteiger partial charge in [0.2, 0.25) is 0 Å². The topological polar surface area (TPSA) is 46.9 Å². The Morgan fingerprint density at radius 3 is 2.52 bits per heavy atom. The number of hydrogen-bond acceptors (Lipinski definition) is 2. The van der Waals surface area contributed by atoms with E-state index in [1.54, 1.807) is 11.6 Å². The van der Waals surface area contributed by atoms with Crippen molar-refractivity contribution in [1.82, 2.24) is 9.78 Å². The number of carbonyl (C=O) groups excluding carboxylic acids is 1. The van der Waals surface area contributed by atoms with Gasteiger partial charge in [-0.15, -0.1) is 0 Å². The molecule has 0 saturated heterocycles. The first-order chi connectivity index (χ1) is 9.82. The van der Waals surface area contributed by atoms with Gasteiger partial charge in [-0.05, 0) is 39.8 Å². The first-order valence-electron chi connectivity index (χ1n) is 6.64. The third kappa shape index (κ3) is 2.79. The first-order valence-corrected chi connectivity index (χ1v) is 6.64. The molecule has 1 aromatic heterocycles. The molecule has 0 atom stereocenters. The molecule has 0 saturated carbocycles. The highest BCUT2D eigenvalue weighted by atomic mass is 19.2. The lowest BCUT2D eigenvalue weighted by atomic mass is 10.2. The summed E-state index contributed by atoms with van der Waals surface area (Å²) in [5.74, 6) is -2.89. The van der Waals surface area contributed by atoms with E-state index < -0.39 is 17.5 Å². The molecule has 6 heteroatoms. The Morgan fingerprint density at radius 2 is 1.95 bits per heavy atom. The second kappa shape index (κ2) is 5.63. The molecule has 1 heterocycles. The number of rotatable bonds is 3. The fourth-order valence-corrected chi connectivity index (χ4v) is 2.21. The van der Waals surface area contributed by atoms with Crippen LogP contribution < -0.4 is 5.32 Å². The number of benzene rings is 1. The summed E-state index contributed by atoms with van der Waals surface area (Å²) in [7, 11) is 0. The minimum absolute atomic E-state index is 0.139. The van der Waals surface area contributed by atoms with Crippen LogP contribution >= 0.6 is 0 Å². The number of nitrogens with zero attached hydrogens (tertiary/aromatic N) is 2. The van der Waals surface area contributed by atoms with E-state index >= 15 is 0 Å². The van der Waals surface area contributed by atoms with Crippen LogP contribution in [0.15, 0.2) is 18.2 Å². The van der Waals surface area contributed by atoms with Crippen molar-refractivity contribution in [3.63, 3.8) is 0 Å². The molecule has 0 unspecified atom stereocenters. The van der Waals surface area contributed by atoms with Gasteiger partial charge in [-0.3, -0.25) is 9.48 Å². The van der Waals surface area contributed by atoms with Crippen LogP contribution in [0.1, 0.15) is 41.6 Å². The van der Waals surface area contributed by atoms with Gasteiger partial charge in [0.1, 0.15) is 0 Å². The average Bonchev–Trinajstić information content (AvgIpc) is 2.70. The molecule has 2 aromatic rings. The van der Waals surface area contributed by atoms with Crippen molar-refractivity contribution >= 4 is 11.6 Å². The van der Waals surface area contributed by atoms with Gasteiger partial charge in [-0.1, -0.05) is 6.07 Å². The fourth-order valence-electron chi connectivity index (χ4n) is 2.21. The quantitative estimate of drug-likeness (QED) is 0.939. The van der Waals surface area contributed by atoms with E-state index in [-0.39, 0.29) is 11.6 Å². The zero-order chi connectivity index (χ0) is 15.7. The molecule has 0 radical (unpaired) electrons. The maximum absolute atomic E-state index is 13.6. The number of anilines is 1. The molecule has 4 nitrogen and oxygen atoms in total. The van der Waals surface area contributed by atoms with Crippen molar-refractivity contribution < 1.29 is 13.6 Å². The highest BCUT2D eigenvalue weighted by Gasteiger charge is 2.19. The number of halogens is 2. The fraction of sp³-hybridized carbons (Fsp3) is 0.333. The molecule has 21 heavy (non-hydrogen) atoms. The van der Waals surface area contributed by atoms with Crippen LogP contribution in [0.3, 0.4) is 0 Å². The van der Waals surface area contributed by atoms with Gasteiger partial charge in [-0.25, -0.2) is 8.78 Å². The molecule has 0 fully saturated rings. The van der Waals surface area contributed by atoms with Crippen molar-refractivity contribution in [1.29, 1.82) is 0 Å². The molecule has 0 aliphatic rings. The minimum atomic E-state index is -1.15. The predicted molar refractivity (Wildman–Crippen MR) is 76.4 cm³/mol. The van der Waals surface area contributed by atoms with E-state index in [9.17, 15) is 13.6 Å². The Kier molecular flexibility index (Phi) is 4.06. The predicted octanol–water partition coefficient (Wildman–Crippen LogP) is 3.61. The lowest BCUT2D eigenvalue weighted by molar-refractivity contribution is 0.102. The highest BCUT2D eigenvalue weighted by Crippen LogP contribution is 2.23. The SMILES string of the molecule is Cc1nn(C(C)C)c(C)c1NC(=O)c1cccc(F)c1F. The molecule has 1 amide bonds. The van der Waals surface area contributed by atoms with Gasteiger partial charge in [0.05, 0.1) is 22.6 Å². The largest absolute Gasteiger partial charge is 0.319 e. The molecule has 0 aliphatic carbocycles. The number of aryl methyl sites for hydroxylation is 1. The Labute approximate surface area is 121 Å². The van der Waals surface area contributed by atoms with Crippen LogP contribution in [0.2, 0.25) is 0 Å². The minimum Gasteiger partial charge on any atom is -0.319 e. The van der Waals surface area contributed by atoms with Crippen LogP contribution in [-0.4, -0.2) is 15.7 Å². The zero-order valence-electron chi connectivity index (χ0n) is 12.4. The maximum Gasteiger partial charge on any atom is 0.258 e. The summed E-state index contributed by atoms with van der Waals surface area (Å²) in [6, 6.07) is 3.65. The number of carbonyl (C=O) groups is 1. The van der Waals surface area contributed by atoms with Crippen LogP contribution in [0, 0.1) is 25.5 Å². The standard InChI is InChI=1S/C15H17F2N3O/c1-8(2)20-10(4)14(9(3)19-20)18-15(21)11-6-5-7-12(16)13(11)17/h5-8H,1-4H3,(H,18,21). The summed E-state index contributed by atoms with van der Waals surface area (Å²) < 4.78 is 28.6. The molecule has 0 aliphatic heterocycles. The van der Waals surface area contributed by atoms with Crippen molar-refractivity contribution in [2.24, 2.45) is 0 Å². The number of amides is 1. The summed E-state index contributed by atoms with van der Waals surface area (Å²) in [6.07, 6.45) is 0. The molecule has 2 rings (SSSR count). The third-order valence-corrected chi connectivity index (χ3v) is 3.25. The van der Waals surface area contributed by atoms with Crippen molar-refractivity contribution in [3.05, 3.63) is 46.8 Å². The second-order valence-electron chi connectivity index (χ2n) is 5.14. The van der Waals surface area contributed by atoms with Crippen molar-refractivity contribution in [2.45, 2.75) is 33.7 Å². The molecule has 1 aromatic carbocycles. The first kappa shape index (κ1) is 15.2. The van der Waals surface area contributed by atoms with E-state index in [0.717, 1.165) is 11.8 Å². The third-order valence-electron chi connectivity index (χ3n) is 3.25. The molecule has 0 spiro atoms. The molecular formula is C15H17F2N3O. The van der Waals surface area contributed by atoms with Gasteiger partial charge in [0.25, 0.3) is 5.91 Å². The summed E-state index contributed by atoms with van der Waals surface area (Å²) in [5, 5.41) is 6.94. The van der Waals surface area contributed by atoms with E-state index in [2.05, 4.69) is 10.4 Å². The second-order valence-corrected chi connectivity index (χ2v) is 5.14. The Balaban J connectivity index is 2.34. The highest BCUT2D eigenvalue weighted by molar-refractivity contribution is 6.05. The Morgan fingerprint density at radius 1 is 1.29 bits per heavy atom. The molecule has 112 valence electrons. The lowest BCUT2D eigenvalue weighted by Gasteiger charge is -2.10. The average molecular weight is 293 g/mol. The maximum atomic E-state index is 13.6.